The molecule has 0 fully saturated rings. The molecule has 0 aliphatic heterocycles. The van der Waals surface area contributed by atoms with E-state index in [4.69, 9.17) is 9.47 Å². The van der Waals surface area contributed by atoms with Crippen LogP contribution in [0.2, 0.25) is 0 Å². The molecule has 0 heterocycles. The number of carbonyl (C=O) groups is 2. The maximum Gasteiger partial charge on any atom is 0.243 e. The summed E-state index contributed by atoms with van der Waals surface area (Å²) in [6.07, 6.45) is 1.69. The minimum Gasteiger partial charge on any atom is -0.490 e. The number of carbonyl (C=O) groups excluding carboxylic acids is 2. The summed E-state index contributed by atoms with van der Waals surface area (Å²) in [6, 6.07) is 20.8. The molecule has 3 aromatic rings. The van der Waals surface area contributed by atoms with E-state index in [0.717, 1.165) is 17.5 Å². The van der Waals surface area contributed by atoms with Crippen molar-refractivity contribution in [3.05, 3.63) is 95.3 Å². The van der Waals surface area contributed by atoms with Crippen molar-refractivity contribution in [1.82, 2.24) is 10.2 Å². The van der Waals surface area contributed by atoms with Crippen LogP contribution in [-0.4, -0.2) is 42.5 Å². The van der Waals surface area contributed by atoms with Crippen LogP contribution in [0.4, 0.5) is 4.39 Å². The van der Waals surface area contributed by atoms with Crippen LogP contribution in [0.15, 0.2) is 72.8 Å². The van der Waals surface area contributed by atoms with Gasteiger partial charge in [0, 0.05) is 31.5 Å². The molecule has 2 amide bonds. The summed E-state index contributed by atoms with van der Waals surface area (Å²) in [4.78, 5) is 28.7. The Kier molecular flexibility index (Phi) is 11.8. The van der Waals surface area contributed by atoms with Crippen LogP contribution in [-0.2, 0) is 29.0 Å². The fourth-order valence-corrected chi connectivity index (χ4v) is 4.38. The Bertz CT molecular complexity index is 1200. The van der Waals surface area contributed by atoms with E-state index in [0.29, 0.717) is 49.7 Å². The third-order valence-corrected chi connectivity index (χ3v) is 6.35. The maximum atomic E-state index is 14.7. The highest BCUT2D eigenvalue weighted by atomic mass is 19.1. The summed E-state index contributed by atoms with van der Waals surface area (Å²) >= 11 is 0. The molecule has 0 aliphatic rings. The molecule has 6 nitrogen and oxygen atoms in total. The zero-order valence-corrected chi connectivity index (χ0v) is 23.1. The van der Waals surface area contributed by atoms with Crippen LogP contribution in [0.25, 0.3) is 0 Å². The molecule has 3 aromatic carbocycles. The van der Waals surface area contributed by atoms with Gasteiger partial charge in [0.1, 0.15) is 11.9 Å². The van der Waals surface area contributed by atoms with Crippen LogP contribution >= 0.6 is 0 Å². The topological polar surface area (TPSA) is 67.9 Å². The van der Waals surface area contributed by atoms with E-state index in [1.165, 1.54) is 11.0 Å². The lowest BCUT2D eigenvalue weighted by Crippen LogP contribution is -2.50. The zero-order valence-electron chi connectivity index (χ0n) is 23.1. The van der Waals surface area contributed by atoms with E-state index >= 15 is 0 Å². The fraction of sp³-hybridized carbons (Fsp3) is 0.375. The SMILES string of the molecule is CCCNC(=O)[C@H](Cc1ccccc1)N(Cc1ccccc1F)C(=O)CCc1ccc(OCC)c(OCC)c1. The van der Waals surface area contributed by atoms with Crippen LogP contribution in [0.3, 0.4) is 0 Å². The van der Waals surface area contributed by atoms with Crippen LogP contribution in [0.5, 0.6) is 11.5 Å². The summed E-state index contributed by atoms with van der Waals surface area (Å²) in [5.41, 5.74) is 2.20. The van der Waals surface area contributed by atoms with E-state index in [1.54, 1.807) is 18.2 Å². The molecule has 1 atom stereocenters. The lowest BCUT2D eigenvalue weighted by Gasteiger charge is -2.32. The standard InChI is InChI=1S/C32H39FN2O4/c1-4-20-34-32(37)28(21-24-12-8-7-9-13-24)35(23-26-14-10-11-15-27(26)33)31(36)19-17-25-16-18-29(38-5-2)30(22-25)39-6-3/h7-16,18,22,28H,4-6,17,19-21,23H2,1-3H3,(H,34,37)/t28-/m0/s1. The molecule has 0 aliphatic carbocycles. The van der Waals surface area contributed by atoms with Crippen LogP contribution in [0.1, 0.15) is 50.3 Å². The number of nitrogens with one attached hydrogen (secondary N) is 1. The highest BCUT2D eigenvalue weighted by Gasteiger charge is 2.30. The normalized spacial score (nSPS) is 11.5. The molecule has 0 unspecified atom stereocenters. The smallest absolute Gasteiger partial charge is 0.243 e. The summed E-state index contributed by atoms with van der Waals surface area (Å²) in [5, 5.41) is 2.94. The first-order chi connectivity index (χ1) is 19.0. The molecule has 0 saturated carbocycles. The Hall–Kier alpha value is -3.87. The second-order valence-corrected chi connectivity index (χ2v) is 9.26. The Morgan fingerprint density at radius 1 is 0.872 bits per heavy atom. The average Bonchev–Trinajstić information content (AvgIpc) is 2.95. The van der Waals surface area contributed by atoms with E-state index in [9.17, 15) is 14.0 Å². The Labute approximate surface area is 231 Å². The van der Waals surface area contributed by atoms with Crippen molar-refractivity contribution in [2.24, 2.45) is 0 Å². The van der Waals surface area contributed by atoms with Gasteiger partial charge >= 0.3 is 0 Å². The van der Waals surface area contributed by atoms with Gasteiger partial charge in [-0.3, -0.25) is 9.59 Å². The number of hydrogen-bond acceptors (Lipinski definition) is 4. The third-order valence-electron chi connectivity index (χ3n) is 6.35. The molecule has 0 bridgehead atoms. The van der Waals surface area contributed by atoms with Crippen molar-refractivity contribution in [3.8, 4) is 11.5 Å². The number of nitrogens with zero attached hydrogens (tertiary/aromatic N) is 1. The van der Waals surface area contributed by atoms with Gasteiger partial charge in [0.25, 0.3) is 0 Å². The first-order valence-corrected chi connectivity index (χ1v) is 13.7. The first kappa shape index (κ1) is 29.7. The van der Waals surface area contributed by atoms with Gasteiger partial charge in [-0.05, 0) is 56.0 Å². The van der Waals surface area contributed by atoms with Gasteiger partial charge in [-0.25, -0.2) is 4.39 Å². The van der Waals surface area contributed by atoms with Gasteiger partial charge in [0.05, 0.1) is 13.2 Å². The van der Waals surface area contributed by atoms with Crippen molar-refractivity contribution in [3.63, 3.8) is 0 Å². The second-order valence-electron chi connectivity index (χ2n) is 9.26. The summed E-state index contributed by atoms with van der Waals surface area (Å²) in [5.74, 6) is 0.415. The lowest BCUT2D eigenvalue weighted by atomic mass is 10.0. The zero-order chi connectivity index (χ0) is 28.0. The fourth-order valence-electron chi connectivity index (χ4n) is 4.38. The van der Waals surface area contributed by atoms with Crippen molar-refractivity contribution in [1.29, 1.82) is 0 Å². The summed E-state index contributed by atoms with van der Waals surface area (Å²) in [6.45, 7) is 7.30. The number of rotatable bonds is 15. The monoisotopic (exact) mass is 534 g/mol. The highest BCUT2D eigenvalue weighted by Crippen LogP contribution is 2.29. The predicted molar refractivity (Wildman–Crippen MR) is 151 cm³/mol. The Balaban J connectivity index is 1.89. The number of hydrogen-bond donors (Lipinski definition) is 1. The first-order valence-electron chi connectivity index (χ1n) is 13.7. The average molecular weight is 535 g/mol. The van der Waals surface area contributed by atoms with Crippen LogP contribution in [0, 0.1) is 5.82 Å². The number of benzene rings is 3. The maximum absolute atomic E-state index is 14.7. The molecule has 3 rings (SSSR count). The molecular weight excluding hydrogens is 495 g/mol. The van der Waals surface area contributed by atoms with Crippen LogP contribution < -0.4 is 14.8 Å². The molecule has 7 heteroatoms. The number of halogens is 1. The van der Waals surface area contributed by atoms with E-state index in [-0.39, 0.29) is 24.8 Å². The summed E-state index contributed by atoms with van der Waals surface area (Å²) < 4.78 is 26.1. The molecule has 0 radical (unpaired) electrons. The molecule has 0 saturated heterocycles. The van der Waals surface area contributed by atoms with Gasteiger partial charge in [0.2, 0.25) is 11.8 Å². The van der Waals surface area contributed by atoms with E-state index < -0.39 is 11.9 Å². The van der Waals surface area contributed by atoms with E-state index in [1.807, 2.05) is 69.3 Å². The highest BCUT2D eigenvalue weighted by molar-refractivity contribution is 5.88. The van der Waals surface area contributed by atoms with Crippen molar-refractivity contribution >= 4 is 11.8 Å². The summed E-state index contributed by atoms with van der Waals surface area (Å²) in [7, 11) is 0. The number of ether oxygens (including phenoxy) is 2. The Morgan fingerprint density at radius 2 is 1.56 bits per heavy atom. The predicted octanol–water partition coefficient (Wildman–Crippen LogP) is 5.72. The molecule has 0 spiro atoms. The molecule has 1 N–H and O–H groups in total. The quantitative estimate of drug-likeness (QED) is 0.271. The molecule has 39 heavy (non-hydrogen) atoms. The molecule has 208 valence electrons. The van der Waals surface area contributed by atoms with E-state index in [2.05, 4.69) is 5.32 Å². The molecular formula is C32H39FN2O4. The Morgan fingerprint density at radius 3 is 2.26 bits per heavy atom. The lowest BCUT2D eigenvalue weighted by molar-refractivity contribution is -0.141. The largest absolute Gasteiger partial charge is 0.490 e. The van der Waals surface area contributed by atoms with Crippen molar-refractivity contribution < 1.29 is 23.5 Å². The van der Waals surface area contributed by atoms with Gasteiger partial charge < -0.3 is 19.7 Å². The van der Waals surface area contributed by atoms with Crippen molar-refractivity contribution in [2.45, 2.75) is 59.0 Å². The third kappa shape index (κ3) is 8.84. The van der Waals surface area contributed by atoms with Gasteiger partial charge in [-0.15, -0.1) is 0 Å². The number of aryl methyl sites for hydroxylation is 1. The van der Waals surface area contributed by atoms with Crippen molar-refractivity contribution in [2.75, 3.05) is 19.8 Å². The minimum absolute atomic E-state index is 0.00394. The van der Waals surface area contributed by atoms with Gasteiger partial charge in [-0.1, -0.05) is 61.5 Å². The number of amides is 2. The molecule has 0 aromatic heterocycles. The minimum atomic E-state index is -0.787. The van der Waals surface area contributed by atoms with Gasteiger partial charge in [0.15, 0.2) is 11.5 Å². The van der Waals surface area contributed by atoms with Gasteiger partial charge in [-0.2, -0.15) is 0 Å². The second kappa shape index (κ2) is 15.5.